The zero-order valence-corrected chi connectivity index (χ0v) is 14.4. The molecule has 2 aliphatic rings. The van der Waals surface area contributed by atoms with Crippen molar-refractivity contribution in [2.45, 2.75) is 25.8 Å². The molecule has 7 nitrogen and oxygen atoms in total. The topological polar surface area (TPSA) is 71.7 Å². The highest BCUT2D eigenvalue weighted by molar-refractivity contribution is 7.13. The van der Waals surface area contributed by atoms with Crippen molar-refractivity contribution in [3.63, 3.8) is 0 Å². The monoisotopic (exact) mass is 348 g/mol. The second-order valence-electron chi connectivity index (χ2n) is 6.11. The molecule has 0 aromatic carbocycles. The van der Waals surface area contributed by atoms with Gasteiger partial charge >= 0.3 is 0 Å². The fraction of sp³-hybridized carbons (Fsp3) is 0.562. The summed E-state index contributed by atoms with van der Waals surface area (Å²) in [7, 11) is 0. The molecular formula is C16H20N4O3S. The van der Waals surface area contributed by atoms with Crippen molar-refractivity contribution in [1.82, 2.24) is 14.9 Å². The second-order valence-corrected chi connectivity index (χ2v) is 6.94. The van der Waals surface area contributed by atoms with Gasteiger partial charge in [-0.25, -0.2) is 9.97 Å². The van der Waals surface area contributed by atoms with Crippen LogP contribution in [-0.2, 0) is 4.74 Å². The van der Waals surface area contributed by atoms with E-state index in [2.05, 4.69) is 9.88 Å². The maximum atomic E-state index is 12.8. The van der Waals surface area contributed by atoms with Gasteiger partial charge in [-0.15, -0.1) is 11.3 Å². The van der Waals surface area contributed by atoms with Gasteiger partial charge in [-0.3, -0.25) is 4.79 Å². The number of hydrogen-bond acceptors (Lipinski definition) is 7. The summed E-state index contributed by atoms with van der Waals surface area (Å²) in [4.78, 5) is 25.7. The number of oxazole rings is 1. The molecule has 0 spiro atoms. The maximum absolute atomic E-state index is 12.8. The summed E-state index contributed by atoms with van der Waals surface area (Å²) < 4.78 is 10.9. The molecule has 1 amide bonds. The number of aromatic nitrogens is 2. The number of thiazole rings is 1. The van der Waals surface area contributed by atoms with E-state index in [1.54, 1.807) is 23.2 Å². The molecule has 1 unspecified atom stereocenters. The van der Waals surface area contributed by atoms with Gasteiger partial charge in [-0.05, 0) is 19.8 Å². The molecule has 0 aliphatic carbocycles. The van der Waals surface area contributed by atoms with Gasteiger partial charge in [0.05, 0.1) is 30.6 Å². The van der Waals surface area contributed by atoms with Crippen molar-refractivity contribution >= 4 is 22.4 Å². The minimum Gasteiger partial charge on any atom is -0.438 e. The van der Waals surface area contributed by atoms with Crippen LogP contribution >= 0.6 is 11.3 Å². The normalized spacial score (nSPS) is 21.5. The molecule has 24 heavy (non-hydrogen) atoms. The molecule has 128 valence electrons. The van der Waals surface area contributed by atoms with Crippen LogP contribution < -0.4 is 4.90 Å². The largest absolute Gasteiger partial charge is 0.438 e. The van der Waals surface area contributed by atoms with E-state index >= 15 is 0 Å². The van der Waals surface area contributed by atoms with Crippen molar-refractivity contribution in [3.05, 3.63) is 28.9 Å². The van der Waals surface area contributed by atoms with Gasteiger partial charge in [-0.2, -0.15) is 0 Å². The summed E-state index contributed by atoms with van der Waals surface area (Å²) in [6.07, 6.45) is 3.75. The Bertz CT molecular complexity index is 722. The maximum Gasteiger partial charge on any atom is 0.292 e. The van der Waals surface area contributed by atoms with Gasteiger partial charge in [0, 0.05) is 25.0 Å². The van der Waals surface area contributed by atoms with E-state index in [4.69, 9.17) is 14.1 Å². The standard InChI is InChI=1S/C16H20N4O3S/c1-11-14(23-10-17-11)15(21)20-6-7-22-8-13(20)12-9-24-16(18-12)19-4-2-3-5-19/h9-10,13H,2-8H2,1H3. The van der Waals surface area contributed by atoms with Gasteiger partial charge in [0.15, 0.2) is 11.5 Å². The first kappa shape index (κ1) is 15.6. The van der Waals surface area contributed by atoms with Crippen LogP contribution in [0.3, 0.4) is 0 Å². The Morgan fingerprint density at radius 1 is 1.33 bits per heavy atom. The van der Waals surface area contributed by atoms with Crippen LogP contribution in [0.25, 0.3) is 0 Å². The first-order chi connectivity index (χ1) is 11.7. The number of amides is 1. The van der Waals surface area contributed by atoms with E-state index in [9.17, 15) is 4.79 Å². The van der Waals surface area contributed by atoms with E-state index in [0.717, 1.165) is 23.9 Å². The average molecular weight is 348 g/mol. The number of morpholine rings is 1. The summed E-state index contributed by atoms with van der Waals surface area (Å²) in [5, 5.41) is 3.08. The summed E-state index contributed by atoms with van der Waals surface area (Å²) in [6, 6.07) is -0.177. The SMILES string of the molecule is Cc1ncoc1C(=O)N1CCOCC1c1csc(N2CCCC2)n1. The van der Waals surface area contributed by atoms with Gasteiger partial charge in [0.1, 0.15) is 0 Å². The van der Waals surface area contributed by atoms with Gasteiger partial charge in [0.2, 0.25) is 5.76 Å². The summed E-state index contributed by atoms with van der Waals surface area (Å²) >= 11 is 1.64. The zero-order chi connectivity index (χ0) is 16.5. The van der Waals surface area contributed by atoms with Crippen LogP contribution in [-0.4, -0.2) is 53.6 Å². The molecule has 0 N–H and O–H groups in total. The highest BCUT2D eigenvalue weighted by atomic mass is 32.1. The number of anilines is 1. The third kappa shape index (κ3) is 2.80. The molecule has 4 rings (SSSR count). The molecule has 0 bridgehead atoms. The molecule has 0 radical (unpaired) electrons. The van der Waals surface area contributed by atoms with Crippen LogP contribution in [0.15, 0.2) is 16.2 Å². The summed E-state index contributed by atoms with van der Waals surface area (Å²) in [5.41, 5.74) is 1.51. The zero-order valence-electron chi connectivity index (χ0n) is 13.6. The summed E-state index contributed by atoms with van der Waals surface area (Å²) in [5.74, 6) is 0.158. The predicted molar refractivity (Wildman–Crippen MR) is 89.4 cm³/mol. The third-order valence-corrected chi connectivity index (χ3v) is 5.48. The molecule has 0 saturated carbocycles. The molecule has 2 saturated heterocycles. The highest BCUT2D eigenvalue weighted by Gasteiger charge is 2.33. The Balaban J connectivity index is 1.58. The van der Waals surface area contributed by atoms with E-state index in [1.165, 1.54) is 19.2 Å². The number of aryl methyl sites for hydroxylation is 1. The second kappa shape index (κ2) is 6.52. The number of carbonyl (C=O) groups is 1. The number of ether oxygens (including phenoxy) is 1. The van der Waals surface area contributed by atoms with Crippen molar-refractivity contribution in [2.24, 2.45) is 0 Å². The van der Waals surface area contributed by atoms with Gasteiger partial charge in [-0.1, -0.05) is 0 Å². The Morgan fingerprint density at radius 2 is 2.17 bits per heavy atom. The lowest BCUT2D eigenvalue weighted by molar-refractivity contribution is -0.00531. The third-order valence-electron chi connectivity index (χ3n) is 4.56. The molecule has 8 heteroatoms. The Kier molecular flexibility index (Phi) is 4.24. The quantitative estimate of drug-likeness (QED) is 0.847. The van der Waals surface area contributed by atoms with E-state index < -0.39 is 0 Å². The number of carbonyl (C=O) groups excluding carboxylic acids is 1. The fourth-order valence-corrected chi connectivity index (χ4v) is 4.14. The fourth-order valence-electron chi connectivity index (χ4n) is 3.21. The van der Waals surface area contributed by atoms with Crippen LogP contribution in [0.2, 0.25) is 0 Å². The lowest BCUT2D eigenvalue weighted by Gasteiger charge is -2.34. The number of rotatable bonds is 3. The molecule has 2 aliphatic heterocycles. The number of nitrogens with zero attached hydrogens (tertiary/aromatic N) is 4. The molecule has 1 atom stereocenters. The molecular weight excluding hydrogens is 328 g/mol. The van der Waals surface area contributed by atoms with Crippen LogP contribution in [0.1, 0.15) is 40.8 Å². The molecule has 2 aromatic heterocycles. The van der Waals surface area contributed by atoms with Crippen LogP contribution in [0, 0.1) is 6.92 Å². The molecule has 4 heterocycles. The first-order valence-electron chi connectivity index (χ1n) is 8.23. The molecule has 2 aromatic rings. The lowest BCUT2D eigenvalue weighted by atomic mass is 10.1. The van der Waals surface area contributed by atoms with Gasteiger partial charge in [0.25, 0.3) is 5.91 Å². The Hall–Kier alpha value is -1.93. The minimum absolute atomic E-state index is 0.144. The Labute approximate surface area is 144 Å². The van der Waals surface area contributed by atoms with Crippen molar-refractivity contribution in [3.8, 4) is 0 Å². The predicted octanol–water partition coefficient (Wildman–Crippen LogP) is 2.25. The van der Waals surface area contributed by atoms with Crippen molar-refractivity contribution in [2.75, 3.05) is 37.7 Å². The minimum atomic E-state index is -0.177. The van der Waals surface area contributed by atoms with Crippen molar-refractivity contribution < 1.29 is 13.9 Å². The highest BCUT2D eigenvalue weighted by Crippen LogP contribution is 2.31. The van der Waals surface area contributed by atoms with E-state index in [-0.39, 0.29) is 11.9 Å². The Morgan fingerprint density at radius 3 is 2.92 bits per heavy atom. The number of hydrogen-bond donors (Lipinski definition) is 0. The summed E-state index contributed by atoms with van der Waals surface area (Å²) in [6.45, 7) is 5.42. The van der Waals surface area contributed by atoms with Gasteiger partial charge < -0.3 is 19.0 Å². The van der Waals surface area contributed by atoms with Crippen molar-refractivity contribution in [1.29, 1.82) is 0 Å². The smallest absolute Gasteiger partial charge is 0.292 e. The van der Waals surface area contributed by atoms with E-state index in [0.29, 0.717) is 31.2 Å². The average Bonchev–Trinajstić information content (AvgIpc) is 3.35. The van der Waals surface area contributed by atoms with Crippen LogP contribution in [0.4, 0.5) is 5.13 Å². The first-order valence-corrected chi connectivity index (χ1v) is 9.11. The molecule has 2 fully saturated rings. The lowest BCUT2D eigenvalue weighted by Crippen LogP contribution is -2.43. The van der Waals surface area contributed by atoms with E-state index in [1.807, 2.05) is 5.38 Å². The van der Waals surface area contributed by atoms with Crippen LogP contribution in [0.5, 0.6) is 0 Å².